The SMILES string of the molecule is CCc1ccccc1OCCc1csc(N)n1. The number of ether oxygens (including phenoxy) is 1. The Kier molecular flexibility index (Phi) is 3.98. The minimum absolute atomic E-state index is 0.619. The summed E-state index contributed by atoms with van der Waals surface area (Å²) in [5, 5.41) is 2.60. The standard InChI is InChI=1S/C13H16N2OS/c1-2-10-5-3-4-6-12(10)16-8-7-11-9-17-13(14)15-11/h3-6,9H,2,7-8H2,1H3,(H2,14,15). The number of hydrogen-bond donors (Lipinski definition) is 1. The van der Waals surface area contributed by atoms with Gasteiger partial charge < -0.3 is 10.5 Å². The second-order valence-electron chi connectivity index (χ2n) is 3.74. The molecule has 90 valence electrons. The summed E-state index contributed by atoms with van der Waals surface area (Å²) >= 11 is 1.47. The molecule has 0 unspecified atom stereocenters. The van der Waals surface area contributed by atoms with Gasteiger partial charge in [0.1, 0.15) is 5.75 Å². The van der Waals surface area contributed by atoms with E-state index in [0.29, 0.717) is 11.7 Å². The summed E-state index contributed by atoms with van der Waals surface area (Å²) in [6, 6.07) is 8.13. The lowest BCUT2D eigenvalue weighted by Crippen LogP contribution is -2.03. The molecule has 0 spiro atoms. The van der Waals surface area contributed by atoms with E-state index < -0.39 is 0 Å². The van der Waals surface area contributed by atoms with Gasteiger partial charge in [0.05, 0.1) is 12.3 Å². The Morgan fingerprint density at radius 2 is 2.18 bits per heavy atom. The fourth-order valence-corrected chi connectivity index (χ4v) is 2.24. The Balaban J connectivity index is 1.89. The maximum absolute atomic E-state index is 5.77. The number of hydrogen-bond acceptors (Lipinski definition) is 4. The molecule has 0 bridgehead atoms. The van der Waals surface area contributed by atoms with Crippen LogP contribution in [0.15, 0.2) is 29.6 Å². The molecule has 0 aliphatic rings. The van der Waals surface area contributed by atoms with Crippen molar-refractivity contribution in [2.75, 3.05) is 12.3 Å². The monoisotopic (exact) mass is 248 g/mol. The minimum Gasteiger partial charge on any atom is -0.493 e. The van der Waals surface area contributed by atoms with Crippen molar-refractivity contribution in [1.29, 1.82) is 0 Å². The number of nitrogens with two attached hydrogens (primary N) is 1. The van der Waals surface area contributed by atoms with Crippen molar-refractivity contribution in [1.82, 2.24) is 4.98 Å². The summed E-state index contributed by atoms with van der Waals surface area (Å²) in [4.78, 5) is 4.20. The van der Waals surface area contributed by atoms with Gasteiger partial charge in [-0.2, -0.15) is 0 Å². The smallest absolute Gasteiger partial charge is 0.180 e. The molecule has 0 amide bonds. The third-order valence-corrected chi connectivity index (χ3v) is 3.26. The zero-order valence-corrected chi connectivity index (χ0v) is 10.7. The number of nitrogen functional groups attached to an aromatic ring is 1. The van der Waals surface area contributed by atoms with E-state index in [1.54, 1.807) is 0 Å². The molecule has 2 rings (SSSR count). The third kappa shape index (κ3) is 3.20. The summed E-state index contributed by atoms with van der Waals surface area (Å²) < 4.78 is 5.77. The first-order valence-corrected chi connectivity index (χ1v) is 6.58. The van der Waals surface area contributed by atoms with E-state index in [1.807, 2.05) is 23.6 Å². The Hall–Kier alpha value is -1.55. The predicted octanol–water partition coefficient (Wildman–Crippen LogP) is 2.91. The first kappa shape index (κ1) is 11.9. The minimum atomic E-state index is 0.619. The number of rotatable bonds is 5. The lowest BCUT2D eigenvalue weighted by Gasteiger charge is -2.09. The summed E-state index contributed by atoms with van der Waals surface area (Å²) in [6.45, 7) is 2.77. The molecule has 0 aliphatic carbocycles. The van der Waals surface area contributed by atoms with Gasteiger partial charge >= 0.3 is 0 Å². The van der Waals surface area contributed by atoms with Gasteiger partial charge in [-0.3, -0.25) is 0 Å². The van der Waals surface area contributed by atoms with Crippen molar-refractivity contribution < 1.29 is 4.74 Å². The van der Waals surface area contributed by atoms with E-state index in [-0.39, 0.29) is 0 Å². The Morgan fingerprint density at radius 1 is 1.35 bits per heavy atom. The van der Waals surface area contributed by atoms with Crippen molar-refractivity contribution in [2.24, 2.45) is 0 Å². The molecular formula is C13H16N2OS. The summed E-state index contributed by atoms with van der Waals surface area (Å²) in [5.41, 5.74) is 7.82. The molecule has 0 saturated heterocycles. The van der Waals surface area contributed by atoms with Gasteiger partial charge in [0.25, 0.3) is 0 Å². The lowest BCUT2D eigenvalue weighted by atomic mass is 10.1. The average Bonchev–Trinajstić information content (AvgIpc) is 2.76. The van der Waals surface area contributed by atoms with Crippen molar-refractivity contribution in [3.63, 3.8) is 0 Å². The molecule has 0 saturated carbocycles. The number of thiazole rings is 1. The second-order valence-corrected chi connectivity index (χ2v) is 4.63. The maximum atomic E-state index is 5.77. The van der Waals surface area contributed by atoms with Crippen molar-refractivity contribution in [2.45, 2.75) is 19.8 Å². The molecule has 1 aromatic carbocycles. The average molecular weight is 248 g/mol. The van der Waals surface area contributed by atoms with E-state index in [0.717, 1.165) is 24.3 Å². The van der Waals surface area contributed by atoms with Crippen molar-refractivity contribution in [3.8, 4) is 5.75 Å². The maximum Gasteiger partial charge on any atom is 0.180 e. The van der Waals surface area contributed by atoms with E-state index in [1.165, 1.54) is 16.9 Å². The molecule has 2 N–H and O–H groups in total. The van der Waals surface area contributed by atoms with E-state index >= 15 is 0 Å². The van der Waals surface area contributed by atoms with Gasteiger partial charge in [-0.25, -0.2) is 4.98 Å². The molecule has 2 aromatic rings. The number of benzene rings is 1. The van der Waals surface area contributed by atoms with Crippen LogP contribution in [0.5, 0.6) is 5.75 Å². The van der Waals surface area contributed by atoms with Gasteiger partial charge in [-0.1, -0.05) is 25.1 Å². The van der Waals surface area contributed by atoms with Crippen LogP contribution in [-0.2, 0) is 12.8 Å². The first-order valence-electron chi connectivity index (χ1n) is 5.70. The fraction of sp³-hybridized carbons (Fsp3) is 0.308. The van der Waals surface area contributed by atoms with Crippen LogP contribution in [0.1, 0.15) is 18.2 Å². The molecule has 17 heavy (non-hydrogen) atoms. The zero-order valence-electron chi connectivity index (χ0n) is 9.85. The van der Waals surface area contributed by atoms with Crippen molar-refractivity contribution in [3.05, 3.63) is 40.9 Å². The number of anilines is 1. The molecule has 0 radical (unpaired) electrons. The van der Waals surface area contributed by atoms with Gasteiger partial charge in [-0.15, -0.1) is 11.3 Å². The molecule has 1 aromatic heterocycles. The molecule has 0 aliphatic heterocycles. The molecule has 0 fully saturated rings. The number of nitrogens with zero attached hydrogens (tertiary/aromatic N) is 1. The molecule has 1 heterocycles. The van der Waals surface area contributed by atoms with Crippen LogP contribution in [0.2, 0.25) is 0 Å². The summed E-state index contributed by atoms with van der Waals surface area (Å²) in [6.07, 6.45) is 1.78. The van der Waals surface area contributed by atoms with Crippen LogP contribution < -0.4 is 10.5 Å². The van der Waals surface area contributed by atoms with E-state index in [2.05, 4.69) is 18.0 Å². The summed E-state index contributed by atoms with van der Waals surface area (Å²) in [7, 11) is 0. The van der Waals surface area contributed by atoms with Crippen LogP contribution in [0.25, 0.3) is 0 Å². The van der Waals surface area contributed by atoms with Crippen LogP contribution >= 0.6 is 11.3 Å². The van der Waals surface area contributed by atoms with Gasteiger partial charge in [-0.05, 0) is 18.1 Å². The highest BCUT2D eigenvalue weighted by Crippen LogP contribution is 2.19. The highest BCUT2D eigenvalue weighted by atomic mass is 32.1. The Labute approximate surface area is 105 Å². The van der Waals surface area contributed by atoms with Gasteiger partial charge in [0, 0.05) is 11.8 Å². The summed E-state index contributed by atoms with van der Waals surface area (Å²) in [5.74, 6) is 0.971. The van der Waals surface area contributed by atoms with Crippen LogP contribution in [0, 0.1) is 0 Å². The normalized spacial score (nSPS) is 10.4. The quantitative estimate of drug-likeness (QED) is 0.885. The van der Waals surface area contributed by atoms with E-state index in [4.69, 9.17) is 10.5 Å². The van der Waals surface area contributed by atoms with Crippen LogP contribution in [0.4, 0.5) is 5.13 Å². The molecular weight excluding hydrogens is 232 g/mol. The molecule has 4 heteroatoms. The van der Waals surface area contributed by atoms with Crippen LogP contribution in [-0.4, -0.2) is 11.6 Å². The van der Waals surface area contributed by atoms with Gasteiger partial charge in [0.2, 0.25) is 0 Å². The largest absolute Gasteiger partial charge is 0.493 e. The highest BCUT2D eigenvalue weighted by molar-refractivity contribution is 7.13. The Bertz CT molecular complexity index is 482. The van der Waals surface area contributed by atoms with Gasteiger partial charge in [0.15, 0.2) is 5.13 Å². The topological polar surface area (TPSA) is 48.1 Å². The molecule has 0 atom stereocenters. The number of para-hydroxylation sites is 1. The predicted molar refractivity (Wildman–Crippen MR) is 71.5 cm³/mol. The lowest BCUT2D eigenvalue weighted by molar-refractivity contribution is 0.317. The highest BCUT2D eigenvalue weighted by Gasteiger charge is 2.02. The van der Waals surface area contributed by atoms with E-state index in [9.17, 15) is 0 Å². The van der Waals surface area contributed by atoms with Crippen LogP contribution in [0.3, 0.4) is 0 Å². The fourth-order valence-electron chi connectivity index (χ4n) is 1.64. The molecule has 3 nitrogen and oxygen atoms in total. The second kappa shape index (κ2) is 5.68. The zero-order chi connectivity index (χ0) is 12.1. The third-order valence-electron chi connectivity index (χ3n) is 2.54. The first-order chi connectivity index (χ1) is 8.29. The van der Waals surface area contributed by atoms with Crippen molar-refractivity contribution >= 4 is 16.5 Å². The number of aromatic nitrogens is 1. The number of aryl methyl sites for hydroxylation is 1. The Morgan fingerprint density at radius 3 is 2.88 bits per heavy atom.